The fraction of sp³-hybridized carbons (Fsp3) is 0.429. The summed E-state index contributed by atoms with van der Waals surface area (Å²) in [6, 6.07) is 6.97. The van der Waals surface area contributed by atoms with Crippen LogP contribution in [0.1, 0.15) is 31.4 Å². The zero-order chi connectivity index (χ0) is 13.5. The molecule has 4 heteroatoms. The Balaban J connectivity index is 2.55. The van der Waals surface area contributed by atoms with Crippen LogP contribution in [-0.2, 0) is 22.4 Å². The average Bonchev–Trinajstić information content (AvgIpc) is 2.36. The molecule has 0 aromatic heterocycles. The molecule has 1 amide bonds. The van der Waals surface area contributed by atoms with Crippen LogP contribution in [0.5, 0.6) is 0 Å². The molecule has 0 aliphatic heterocycles. The molecular formula is C14H19NO3. The second-order valence-electron chi connectivity index (χ2n) is 4.21. The van der Waals surface area contributed by atoms with Crippen molar-refractivity contribution in [3.05, 3.63) is 35.4 Å². The maximum absolute atomic E-state index is 11.7. The summed E-state index contributed by atoms with van der Waals surface area (Å²) in [6.45, 7) is 3.80. The number of hydrogen-bond acceptors (Lipinski definition) is 2. The SMILES string of the molecule is CCc1ccc(CC(=O)NC(CC)C(=O)O)cc1. The van der Waals surface area contributed by atoms with Crippen molar-refractivity contribution in [1.29, 1.82) is 0 Å². The number of nitrogens with one attached hydrogen (secondary N) is 1. The van der Waals surface area contributed by atoms with Gasteiger partial charge >= 0.3 is 5.97 Å². The van der Waals surface area contributed by atoms with Crippen LogP contribution in [0, 0.1) is 0 Å². The summed E-state index contributed by atoms with van der Waals surface area (Å²) in [5, 5.41) is 11.3. The average molecular weight is 249 g/mol. The first-order chi connectivity index (χ1) is 8.56. The first-order valence-electron chi connectivity index (χ1n) is 6.16. The van der Waals surface area contributed by atoms with Crippen LogP contribution in [0.4, 0.5) is 0 Å². The lowest BCUT2D eigenvalue weighted by atomic mass is 10.1. The minimum atomic E-state index is -0.993. The predicted octanol–water partition coefficient (Wildman–Crippen LogP) is 1.77. The van der Waals surface area contributed by atoms with Gasteiger partial charge in [0.2, 0.25) is 5.91 Å². The smallest absolute Gasteiger partial charge is 0.326 e. The highest BCUT2D eigenvalue weighted by atomic mass is 16.4. The van der Waals surface area contributed by atoms with Crippen LogP contribution >= 0.6 is 0 Å². The molecule has 0 bridgehead atoms. The fourth-order valence-corrected chi connectivity index (χ4v) is 1.66. The largest absolute Gasteiger partial charge is 0.480 e. The van der Waals surface area contributed by atoms with E-state index in [0.29, 0.717) is 6.42 Å². The van der Waals surface area contributed by atoms with E-state index in [0.717, 1.165) is 12.0 Å². The van der Waals surface area contributed by atoms with Crippen molar-refractivity contribution in [2.75, 3.05) is 0 Å². The summed E-state index contributed by atoms with van der Waals surface area (Å²) >= 11 is 0. The van der Waals surface area contributed by atoms with E-state index in [1.54, 1.807) is 6.92 Å². The maximum atomic E-state index is 11.7. The van der Waals surface area contributed by atoms with E-state index in [1.807, 2.05) is 24.3 Å². The molecule has 2 N–H and O–H groups in total. The Labute approximate surface area is 107 Å². The molecule has 98 valence electrons. The Hall–Kier alpha value is -1.84. The summed E-state index contributed by atoms with van der Waals surface area (Å²) in [7, 11) is 0. The summed E-state index contributed by atoms with van der Waals surface area (Å²) in [5.41, 5.74) is 2.11. The van der Waals surface area contributed by atoms with E-state index >= 15 is 0 Å². The van der Waals surface area contributed by atoms with Gasteiger partial charge in [0.15, 0.2) is 0 Å². The van der Waals surface area contributed by atoms with Gasteiger partial charge in [0, 0.05) is 0 Å². The summed E-state index contributed by atoms with van der Waals surface area (Å²) in [4.78, 5) is 22.5. The second kappa shape index (κ2) is 6.79. The van der Waals surface area contributed by atoms with Gasteiger partial charge in [-0.05, 0) is 24.0 Å². The molecule has 0 aliphatic carbocycles. The number of hydrogen-bond donors (Lipinski definition) is 2. The highest BCUT2D eigenvalue weighted by Gasteiger charge is 2.17. The van der Waals surface area contributed by atoms with E-state index < -0.39 is 12.0 Å². The number of carbonyl (C=O) groups is 2. The lowest BCUT2D eigenvalue weighted by Gasteiger charge is -2.12. The van der Waals surface area contributed by atoms with Gasteiger partial charge in [0.25, 0.3) is 0 Å². The van der Waals surface area contributed by atoms with Crippen molar-refractivity contribution in [1.82, 2.24) is 5.32 Å². The van der Waals surface area contributed by atoms with Gasteiger partial charge in [0.05, 0.1) is 6.42 Å². The minimum Gasteiger partial charge on any atom is -0.480 e. The van der Waals surface area contributed by atoms with Gasteiger partial charge in [-0.3, -0.25) is 4.79 Å². The Kier molecular flexibility index (Phi) is 5.36. The van der Waals surface area contributed by atoms with E-state index in [2.05, 4.69) is 12.2 Å². The first kappa shape index (κ1) is 14.2. The summed E-state index contributed by atoms with van der Waals surface area (Å²) in [5.74, 6) is -1.25. The minimum absolute atomic E-state index is 0.216. The molecule has 1 rings (SSSR count). The molecule has 1 aromatic carbocycles. The Morgan fingerprint density at radius 2 is 1.72 bits per heavy atom. The Bertz CT molecular complexity index is 412. The molecule has 1 aromatic rings. The third-order valence-corrected chi connectivity index (χ3v) is 2.84. The molecule has 0 spiro atoms. The topological polar surface area (TPSA) is 66.4 Å². The Morgan fingerprint density at radius 3 is 2.17 bits per heavy atom. The van der Waals surface area contributed by atoms with Gasteiger partial charge in [-0.2, -0.15) is 0 Å². The second-order valence-corrected chi connectivity index (χ2v) is 4.21. The van der Waals surface area contributed by atoms with Gasteiger partial charge in [0.1, 0.15) is 6.04 Å². The molecule has 0 radical (unpaired) electrons. The van der Waals surface area contributed by atoms with Crippen LogP contribution in [0.3, 0.4) is 0 Å². The third kappa shape index (κ3) is 4.20. The molecule has 1 atom stereocenters. The van der Waals surface area contributed by atoms with Gasteiger partial charge in [-0.15, -0.1) is 0 Å². The quantitative estimate of drug-likeness (QED) is 0.807. The monoisotopic (exact) mass is 249 g/mol. The van der Waals surface area contributed by atoms with Gasteiger partial charge in [-0.25, -0.2) is 4.79 Å². The molecule has 0 fully saturated rings. The van der Waals surface area contributed by atoms with E-state index in [9.17, 15) is 9.59 Å². The van der Waals surface area contributed by atoms with Crippen LogP contribution in [0.2, 0.25) is 0 Å². The molecule has 0 saturated carbocycles. The highest BCUT2D eigenvalue weighted by Crippen LogP contribution is 2.06. The first-order valence-corrected chi connectivity index (χ1v) is 6.16. The molecule has 18 heavy (non-hydrogen) atoms. The number of carbonyl (C=O) groups excluding carboxylic acids is 1. The zero-order valence-electron chi connectivity index (χ0n) is 10.8. The standard InChI is InChI=1S/C14H19NO3/c1-3-10-5-7-11(8-6-10)9-13(16)15-12(4-2)14(17)18/h5-8,12H,3-4,9H2,1-2H3,(H,15,16)(H,17,18). The lowest BCUT2D eigenvalue weighted by molar-refractivity contribution is -0.141. The molecule has 0 aliphatic rings. The number of aryl methyl sites for hydroxylation is 1. The highest BCUT2D eigenvalue weighted by molar-refractivity contribution is 5.84. The third-order valence-electron chi connectivity index (χ3n) is 2.84. The van der Waals surface area contributed by atoms with Gasteiger partial charge < -0.3 is 10.4 Å². The van der Waals surface area contributed by atoms with Crippen LogP contribution in [0.25, 0.3) is 0 Å². The van der Waals surface area contributed by atoms with Crippen molar-refractivity contribution in [2.24, 2.45) is 0 Å². The van der Waals surface area contributed by atoms with Crippen molar-refractivity contribution in [3.8, 4) is 0 Å². The van der Waals surface area contributed by atoms with E-state index in [1.165, 1.54) is 5.56 Å². The predicted molar refractivity (Wildman–Crippen MR) is 69.4 cm³/mol. The molecular weight excluding hydrogens is 230 g/mol. The van der Waals surface area contributed by atoms with Gasteiger partial charge in [-0.1, -0.05) is 38.1 Å². The number of benzene rings is 1. The van der Waals surface area contributed by atoms with Crippen LogP contribution in [-0.4, -0.2) is 23.0 Å². The number of aliphatic carboxylic acids is 1. The summed E-state index contributed by atoms with van der Waals surface area (Å²) < 4.78 is 0. The van der Waals surface area contributed by atoms with E-state index in [-0.39, 0.29) is 12.3 Å². The molecule has 0 heterocycles. The number of carboxylic acid groups (broad SMARTS) is 1. The summed E-state index contributed by atoms with van der Waals surface area (Å²) in [6.07, 6.45) is 1.56. The van der Waals surface area contributed by atoms with E-state index in [4.69, 9.17) is 5.11 Å². The Morgan fingerprint density at radius 1 is 1.17 bits per heavy atom. The number of rotatable bonds is 6. The van der Waals surface area contributed by atoms with Crippen molar-refractivity contribution < 1.29 is 14.7 Å². The number of carboxylic acids is 1. The van der Waals surface area contributed by atoms with Crippen molar-refractivity contribution >= 4 is 11.9 Å². The maximum Gasteiger partial charge on any atom is 0.326 e. The molecule has 1 unspecified atom stereocenters. The number of amides is 1. The van der Waals surface area contributed by atoms with Crippen molar-refractivity contribution in [3.63, 3.8) is 0 Å². The lowest BCUT2D eigenvalue weighted by Crippen LogP contribution is -2.40. The van der Waals surface area contributed by atoms with Crippen molar-refractivity contribution in [2.45, 2.75) is 39.2 Å². The normalized spacial score (nSPS) is 11.9. The fourth-order valence-electron chi connectivity index (χ4n) is 1.66. The van der Waals surface area contributed by atoms with Crippen LogP contribution < -0.4 is 5.32 Å². The molecule has 0 saturated heterocycles. The zero-order valence-corrected chi connectivity index (χ0v) is 10.8. The van der Waals surface area contributed by atoms with Crippen LogP contribution in [0.15, 0.2) is 24.3 Å². The molecule has 4 nitrogen and oxygen atoms in total.